The van der Waals surface area contributed by atoms with Crippen LogP contribution in [0.4, 0.5) is 5.00 Å². The highest BCUT2D eigenvalue weighted by Gasteiger charge is 2.20. The van der Waals surface area contributed by atoms with E-state index in [2.05, 4.69) is 10.4 Å². The number of ether oxygens (including phenoxy) is 1. The fourth-order valence-electron chi connectivity index (χ4n) is 2.91. The lowest BCUT2D eigenvalue weighted by molar-refractivity contribution is -0.117. The zero-order chi connectivity index (χ0) is 21.6. The molecular formula is C20H24N4O4S. The quantitative estimate of drug-likeness (QED) is 0.662. The van der Waals surface area contributed by atoms with Crippen LogP contribution in [-0.2, 0) is 35.3 Å². The van der Waals surface area contributed by atoms with Gasteiger partial charge in [-0.05, 0) is 37.8 Å². The Kier molecular flexibility index (Phi) is 7.67. The van der Waals surface area contributed by atoms with Crippen molar-refractivity contribution in [3.05, 3.63) is 43.7 Å². The van der Waals surface area contributed by atoms with Crippen LogP contribution < -0.4 is 10.9 Å². The summed E-state index contributed by atoms with van der Waals surface area (Å²) in [5, 5.41) is 16.7. The monoisotopic (exact) mass is 416 g/mol. The molecule has 0 spiro atoms. The molecule has 154 valence electrons. The lowest BCUT2D eigenvalue weighted by atomic mass is 10.0. The second-order valence-corrected chi connectivity index (χ2v) is 7.30. The fraction of sp³-hybridized carbons (Fsp3) is 0.450. The Morgan fingerprint density at radius 1 is 1.24 bits per heavy atom. The molecule has 0 bridgehead atoms. The highest BCUT2D eigenvalue weighted by molar-refractivity contribution is 7.16. The maximum Gasteiger partial charge on any atom is 0.341 e. The van der Waals surface area contributed by atoms with Crippen molar-refractivity contribution in [3.63, 3.8) is 0 Å². The van der Waals surface area contributed by atoms with Gasteiger partial charge in [0.05, 0.1) is 17.9 Å². The Morgan fingerprint density at radius 3 is 2.52 bits per heavy atom. The average molecular weight is 417 g/mol. The van der Waals surface area contributed by atoms with Crippen molar-refractivity contribution in [2.24, 2.45) is 0 Å². The molecule has 2 rings (SSSR count). The van der Waals surface area contributed by atoms with Gasteiger partial charge in [0.2, 0.25) is 5.91 Å². The minimum atomic E-state index is -0.595. The molecule has 1 N–H and O–H groups in total. The zero-order valence-electron chi connectivity index (χ0n) is 17.0. The SMILES string of the molecule is CCOC(=O)c1cc(CC)sc1NC(=O)Cn1nc(CC)c(CC)c(C#N)c1=O. The molecule has 8 nitrogen and oxygen atoms in total. The number of hydrogen-bond acceptors (Lipinski definition) is 7. The maximum atomic E-state index is 12.6. The van der Waals surface area contributed by atoms with Crippen LogP contribution in [0.2, 0.25) is 0 Å². The van der Waals surface area contributed by atoms with Gasteiger partial charge in [-0.25, -0.2) is 9.48 Å². The van der Waals surface area contributed by atoms with Gasteiger partial charge in [-0.1, -0.05) is 20.8 Å². The number of aryl methyl sites for hydroxylation is 2. The van der Waals surface area contributed by atoms with E-state index in [1.54, 1.807) is 13.0 Å². The number of carbonyl (C=O) groups is 2. The smallest absolute Gasteiger partial charge is 0.341 e. The lowest BCUT2D eigenvalue weighted by Gasteiger charge is -2.12. The van der Waals surface area contributed by atoms with Gasteiger partial charge in [0.1, 0.15) is 23.2 Å². The largest absolute Gasteiger partial charge is 0.462 e. The summed E-state index contributed by atoms with van der Waals surface area (Å²) in [6, 6.07) is 3.63. The molecule has 9 heteroatoms. The third-order valence-corrected chi connectivity index (χ3v) is 5.51. The average Bonchev–Trinajstić information content (AvgIpc) is 3.11. The maximum absolute atomic E-state index is 12.6. The summed E-state index contributed by atoms with van der Waals surface area (Å²) < 4.78 is 6.05. The second kappa shape index (κ2) is 9.98. The Labute approximate surface area is 173 Å². The van der Waals surface area contributed by atoms with E-state index in [4.69, 9.17) is 4.74 Å². The lowest BCUT2D eigenvalue weighted by Crippen LogP contribution is -2.33. The van der Waals surface area contributed by atoms with Gasteiger partial charge < -0.3 is 10.1 Å². The van der Waals surface area contributed by atoms with Gasteiger partial charge in [-0.3, -0.25) is 9.59 Å². The van der Waals surface area contributed by atoms with Gasteiger partial charge in [0, 0.05) is 4.88 Å². The van der Waals surface area contributed by atoms with Crippen molar-refractivity contribution in [1.29, 1.82) is 5.26 Å². The van der Waals surface area contributed by atoms with Gasteiger partial charge in [0.25, 0.3) is 5.56 Å². The summed E-state index contributed by atoms with van der Waals surface area (Å²) in [5.41, 5.74) is 0.947. The molecule has 0 saturated heterocycles. The summed E-state index contributed by atoms with van der Waals surface area (Å²) in [7, 11) is 0. The number of nitrogens with zero attached hydrogens (tertiary/aromatic N) is 3. The number of hydrogen-bond donors (Lipinski definition) is 1. The first-order valence-electron chi connectivity index (χ1n) is 9.52. The summed E-state index contributed by atoms with van der Waals surface area (Å²) in [4.78, 5) is 38.2. The van der Waals surface area contributed by atoms with Crippen molar-refractivity contribution in [1.82, 2.24) is 9.78 Å². The Hall–Kier alpha value is -2.99. The number of rotatable bonds is 8. The molecule has 0 atom stereocenters. The van der Waals surface area contributed by atoms with E-state index in [1.807, 2.05) is 26.8 Å². The Bertz CT molecular complexity index is 1020. The van der Waals surface area contributed by atoms with Gasteiger partial charge in [-0.15, -0.1) is 11.3 Å². The van der Waals surface area contributed by atoms with Crippen LogP contribution in [0.1, 0.15) is 59.8 Å². The van der Waals surface area contributed by atoms with Crippen molar-refractivity contribution < 1.29 is 14.3 Å². The third kappa shape index (κ3) is 4.90. The topological polar surface area (TPSA) is 114 Å². The molecule has 1 amide bonds. The van der Waals surface area contributed by atoms with E-state index in [9.17, 15) is 19.6 Å². The van der Waals surface area contributed by atoms with E-state index >= 15 is 0 Å². The molecule has 0 saturated carbocycles. The van der Waals surface area contributed by atoms with Crippen molar-refractivity contribution >= 4 is 28.2 Å². The minimum absolute atomic E-state index is 0.0174. The first kappa shape index (κ1) is 22.3. The molecule has 2 aromatic rings. The van der Waals surface area contributed by atoms with Crippen LogP contribution in [0.5, 0.6) is 0 Å². The van der Waals surface area contributed by atoms with E-state index < -0.39 is 17.4 Å². The molecule has 0 fully saturated rings. The van der Waals surface area contributed by atoms with E-state index in [-0.39, 0.29) is 24.3 Å². The number of amides is 1. The highest BCUT2D eigenvalue weighted by atomic mass is 32.1. The van der Waals surface area contributed by atoms with Gasteiger partial charge in [-0.2, -0.15) is 10.4 Å². The molecule has 0 aliphatic heterocycles. The van der Waals surface area contributed by atoms with Crippen LogP contribution in [0.15, 0.2) is 10.9 Å². The van der Waals surface area contributed by atoms with Gasteiger partial charge >= 0.3 is 5.97 Å². The van der Waals surface area contributed by atoms with Crippen molar-refractivity contribution in [2.45, 2.75) is 53.5 Å². The standard InChI is InChI=1S/C20H24N4O4S/c1-5-12-9-14(20(27)28-8-4)18(29-12)22-17(25)11-24-19(26)15(10-21)13(6-2)16(7-3)23-24/h9H,5-8,11H2,1-4H3,(H,22,25). The normalized spacial score (nSPS) is 10.4. The van der Waals surface area contributed by atoms with Crippen LogP contribution in [0.3, 0.4) is 0 Å². The number of nitriles is 1. The van der Waals surface area contributed by atoms with E-state index in [0.29, 0.717) is 35.5 Å². The number of anilines is 1. The zero-order valence-corrected chi connectivity index (χ0v) is 17.8. The second-order valence-electron chi connectivity index (χ2n) is 6.16. The molecule has 0 aromatic carbocycles. The first-order valence-corrected chi connectivity index (χ1v) is 10.3. The number of carbonyl (C=O) groups excluding carboxylic acids is 2. The number of thiophene rings is 1. The fourth-order valence-corrected chi connectivity index (χ4v) is 3.91. The highest BCUT2D eigenvalue weighted by Crippen LogP contribution is 2.29. The number of nitrogens with one attached hydrogen (secondary N) is 1. The number of esters is 1. The van der Waals surface area contributed by atoms with E-state index in [0.717, 1.165) is 9.56 Å². The van der Waals surface area contributed by atoms with Crippen LogP contribution in [0.25, 0.3) is 0 Å². The first-order chi connectivity index (χ1) is 13.9. The van der Waals surface area contributed by atoms with Crippen LogP contribution in [-0.4, -0.2) is 28.3 Å². The molecule has 0 aliphatic carbocycles. The molecular weight excluding hydrogens is 392 g/mol. The molecule has 29 heavy (non-hydrogen) atoms. The molecule has 0 aliphatic rings. The predicted octanol–water partition coefficient (Wildman–Crippen LogP) is 2.68. The molecule has 2 aromatic heterocycles. The molecule has 2 heterocycles. The molecule has 0 unspecified atom stereocenters. The van der Waals surface area contributed by atoms with Crippen molar-refractivity contribution in [3.8, 4) is 6.07 Å². The summed E-state index contributed by atoms with van der Waals surface area (Å²) in [6.45, 7) is 7.25. The summed E-state index contributed by atoms with van der Waals surface area (Å²) in [5.74, 6) is -1.02. The van der Waals surface area contributed by atoms with Crippen LogP contribution in [0, 0.1) is 11.3 Å². The number of aromatic nitrogens is 2. The Balaban J connectivity index is 2.33. The summed E-state index contributed by atoms with van der Waals surface area (Å²) in [6.07, 6.45) is 1.76. The van der Waals surface area contributed by atoms with Crippen LogP contribution >= 0.6 is 11.3 Å². The Morgan fingerprint density at radius 2 is 1.97 bits per heavy atom. The summed E-state index contributed by atoms with van der Waals surface area (Å²) >= 11 is 1.29. The van der Waals surface area contributed by atoms with E-state index in [1.165, 1.54) is 11.3 Å². The third-order valence-electron chi connectivity index (χ3n) is 4.31. The molecule has 0 radical (unpaired) electrons. The van der Waals surface area contributed by atoms with Crippen molar-refractivity contribution in [2.75, 3.05) is 11.9 Å². The predicted molar refractivity (Wildman–Crippen MR) is 110 cm³/mol. The minimum Gasteiger partial charge on any atom is -0.462 e. The van der Waals surface area contributed by atoms with Gasteiger partial charge in [0.15, 0.2) is 0 Å².